The normalized spacial score (nSPS) is 18.1. The summed E-state index contributed by atoms with van der Waals surface area (Å²) >= 11 is 62.9. The van der Waals surface area contributed by atoms with Crippen molar-refractivity contribution in [1.29, 1.82) is 0 Å². The van der Waals surface area contributed by atoms with Gasteiger partial charge in [0.1, 0.15) is 75.3 Å². The molecule has 6 aliphatic carbocycles. The van der Waals surface area contributed by atoms with Gasteiger partial charge in [-0.25, -0.2) is 44.7 Å². The summed E-state index contributed by atoms with van der Waals surface area (Å²) in [6.07, 6.45) is 20.8. The minimum absolute atomic E-state index is 0. The van der Waals surface area contributed by atoms with E-state index in [1.165, 1.54) is 63.5 Å². The van der Waals surface area contributed by atoms with Gasteiger partial charge in [-0.15, -0.1) is 0 Å². The third-order valence-corrected chi connectivity index (χ3v) is 25.3. The molecular formula is C90H94B3Br3Cl9N8NaO16. The van der Waals surface area contributed by atoms with Crippen LogP contribution in [0.5, 0.6) is 34.5 Å². The Morgan fingerprint density at radius 3 is 1.02 bits per heavy atom. The molecule has 6 aromatic carbocycles. The second-order valence-corrected chi connectivity index (χ2v) is 40.1. The van der Waals surface area contributed by atoms with Gasteiger partial charge in [0.05, 0.1) is 131 Å². The first kappa shape index (κ1) is 106. The molecule has 1 atom stereocenters. The van der Waals surface area contributed by atoms with Crippen molar-refractivity contribution in [3.8, 4) is 68.3 Å². The summed E-state index contributed by atoms with van der Waals surface area (Å²) in [4.78, 5) is 54.1. The van der Waals surface area contributed by atoms with E-state index >= 15 is 0 Å². The SMILES string of the molecule is BrC1CC1.CC1(C)OB(B2OC(C)(C)C(C)(C)O2)OC1(C)C.CC1OB(c2ccc(OC3CC3)c(Cl)c2)OC1(C)C.COC(=O)c1cc(-c2ccc(OC3CC3)c(Cl)c2)ncn1.Clc1cc(-c2ccc(OC3CC3)c(Cl)c2)ncn1.Clc1cc(Br)ccc1OC1CC1.Clc1cc(Cl)ncn1.O=C([O-])c1cc(-c2ccc(OC3CC3)c(Cl)c2)ncn1.Oc1ccc(Br)cc1Cl.[Na+]. The number of aromatic nitrogens is 8. The van der Waals surface area contributed by atoms with E-state index in [2.05, 4.69) is 92.4 Å². The summed E-state index contributed by atoms with van der Waals surface area (Å²) in [6, 6.07) is 38.7. The summed E-state index contributed by atoms with van der Waals surface area (Å²) < 4.78 is 70.4. The molecule has 9 aliphatic rings. The second-order valence-electron chi connectivity index (χ2n) is 33.4. The minimum atomic E-state index is -1.34. The largest absolute Gasteiger partial charge is 1.00 e. The van der Waals surface area contributed by atoms with Crippen LogP contribution in [0.25, 0.3) is 33.8 Å². The molecule has 684 valence electrons. The Hall–Kier alpha value is -5.62. The molecule has 3 saturated heterocycles. The maximum atomic E-state index is 11.5. The van der Waals surface area contributed by atoms with Gasteiger partial charge >= 0.3 is 56.7 Å². The Bertz CT molecular complexity index is 5450. The Morgan fingerprint density at radius 1 is 0.408 bits per heavy atom. The molecule has 19 rings (SSSR count). The summed E-state index contributed by atoms with van der Waals surface area (Å²) in [5, 5.41) is 24.1. The van der Waals surface area contributed by atoms with Crippen LogP contribution in [0.2, 0.25) is 45.6 Å². The molecule has 0 bridgehead atoms. The van der Waals surface area contributed by atoms with Crippen LogP contribution in [0.1, 0.15) is 174 Å². The first-order chi connectivity index (χ1) is 61.0. The molecule has 1 N–H and O–H groups in total. The van der Waals surface area contributed by atoms with Crippen molar-refractivity contribution in [1.82, 2.24) is 39.9 Å². The fraction of sp³-hybridized carbons (Fsp3) is 0.400. The van der Waals surface area contributed by atoms with E-state index in [-0.39, 0.29) is 94.0 Å². The molecule has 6 saturated carbocycles. The number of halogens is 12. The second kappa shape index (κ2) is 47.9. The predicted octanol–water partition coefficient (Wildman–Crippen LogP) is 20.6. The number of aromatic carboxylic acids is 1. The van der Waals surface area contributed by atoms with E-state index in [4.69, 9.17) is 161 Å². The number of hydrogen-bond acceptors (Lipinski definition) is 24. The topological polar surface area (TPSA) is 291 Å². The summed E-state index contributed by atoms with van der Waals surface area (Å²) in [7, 11) is 0.00919. The summed E-state index contributed by atoms with van der Waals surface area (Å²) in [5.41, 5.74) is 3.46. The molecule has 1 unspecified atom stereocenters. The third kappa shape index (κ3) is 33.1. The van der Waals surface area contributed by atoms with E-state index in [0.717, 1.165) is 118 Å². The maximum absolute atomic E-state index is 11.5. The Morgan fingerprint density at radius 2 is 0.723 bits per heavy atom. The van der Waals surface area contributed by atoms with Crippen LogP contribution in [-0.4, -0.2) is 155 Å². The molecule has 0 amide bonds. The number of alkyl halides is 1. The van der Waals surface area contributed by atoms with Crippen LogP contribution < -0.4 is 63.8 Å². The van der Waals surface area contributed by atoms with E-state index in [1.807, 2.05) is 143 Å². The third-order valence-electron chi connectivity index (χ3n) is 21.0. The number of carbonyl (C=O) groups excluding carboxylic acids is 2. The number of nitrogens with zero attached hydrogens (tertiary/aromatic N) is 8. The summed E-state index contributed by atoms with van der Waals surface area (Å²) in [5.74, 6) is 1.84. The summed E-state index contributed by atoms with van der Waals surface area (Å²) in [6.45, 7) is 22.3. The minimum Gasteiger partial charge on any atom is -0.543 e. The fourth-order valence-electron chi connectivity index (χ4n) is 11.0. The van der Waals surface area contributed by atoms with Crippen molar-refractivity contribution in [2.75, 3.05) is 7.11 Å². The number of phenolic OH excluding ortho intramolecular Hbond substituents is 1. The monoisotopic (exact) mass is 2150 g/mol. The number of hydrogen-bond donors (Lipinski definition) is 1. The van der Waals surface area contributed by atoms with Crippen molar-refractivity contribution in [2.24, 2.45) is 0 Å². The molecule has 40 heteroatoms. The zero-order valence-corrected chi connectivity index (χ0v) is 87.0. The number of carbonyl (C=O) groups is 2. The Kier molecular flexibility index (Phi) is 39.2. The van der Waals surface area contributed by atoms with Crippen molar-refractivity contribution in [2.45, 2.75) is 223 Å². The molecule has 0 radical (unpaired) electrons. The number of esters is 1. The van der Waals surface area contributed by atoms with Gasteiger partial charge in [0, 0.05) is 42.6 Å². The number of ether oxygens (including phenoxy) is 6. The average Bonchev–Trinajstić information content (AvgIpc) is 1.59. The fourth-order valence-corrected chi connectivity index (χ4v) is 14.1. The van der Waals surface area contributed by atoms with Gasteiger partial charge in [-0.05, 0) is 274 Å². The van der Waals surface area contributed by atoms with Gasteiger partial charge in [-0.3, -0.25) is 0 Å². The van der Waals surface area contributed by atoms with Crippen LogP contribution >= 0.6 is 152 Å². The van der Waals surface area contributed by atoms with Gasteiger partial charge in [-0.1, -0.05) is 158 Å². The number of rotatable bonds is 17. The zero-order chi connectivity index (χ0) is 93.5. The first-order valence-electron chi connectivity index (χ1n) is 41.3. The molecule has 3 aliphatic heterocycles. The molecule has 10 aromatic rings. The van der Waals surface area contributed by atoms with Gasteiger partial charge < -0.3 is 71.4 Å². The van der Waals surface area contributed by atoms with Gasteiger partial charge in [0.15, 0.2) is 5.69 Å². The molecule has 0 spiro atoms. The van der Waals surface area contributed by atoms with Gasteiger partial charge in [-0.2, -0.15) is 0 Å². The van der Waals surface area contributed by atoms with Crippen LogP contribution in [0.15, 0.2) is 168 Å². The Labute approximate surface area is 850 Å². The van der Waals surface area contributed by atoms with Crippen LogP contribution in [-0.2, 0) is 32.7 Å². The molecular weight excluding hydrogens is 2060 g/mol. The zero-order valence-electron chi connectivity index (χ0n) is 73.5. The van der Waals surface area contributed by atoms with E-state index in [9.17, 15) is 14.7 Å². The van der Waals surface area contributed by atoms with E-state index in [1.54, 1.807) is 48.5 Å². The molecule has 9 fully saturated rings. The average molecular weight is 2160 g/mol. The van der Waals surface area contributed by atoms with Crippen molar-refractivity contribution >= 4 is 191 Å². The number of carboxylic acids is 1. The number of carboxylic acid groups (broad SMARTS) is 1. The first-order valence-corrected chi connectivity index (χ1v) is 47.2. The van der Waals surface area contributed by atoms with Crippen molar-refractivity contribution < 1.29 is 106 Å². The van der Waals surface area contributed by atoms with Crippen LogP contribution in [0, 0.1) is 0 Å². The van der Waals surface area contributed by atoms with E-state index in [0.29, 0.717) is 98.5 Å². The number of aromatic hydroxyl groups is 1. The smallest absolute Gasteiger partial charge is 0.543 e. The molecule has 7 heterocycles. The van der Waals surface area contributed by atoms with Crippen LogP contribution in [0.3, 0.4) is 0 Å². The number of benzene rings is 6. The molecule has 4 aromatic heterocycles. The van der Waals surface area contributed by atoms with E-state index < -0.39 is 26.0 Å². The van der Waals surface area contributed by atoms with Crippen molar-refractivity contribution in [3.05, 3.63) is 225 Å². The number of phenols is 1. The van der Waals surface area contributed by atoms with Gasteiger partial charge in [0.2, 0.25) is 0 Å². The molecule has 24 nitrogen and oxygen atoms in total. The molecule has 130 heavy (non-hydrogen) atoms. The maximum Gasteiger partial charge on any atom is 1.00 e. The quantitative estimate of drug-likeness (QED) is 0.0383. The van der Waals surface area contributed by atoms with Crippen LogP contribution in [0.4, 0.5) is 0 Å². The van der Waals surface area contributed by atoms with Crippen molar-refractivity contribution in [3.63, 3.8) is 0 Å². The number of methoxy groups -OCH3 is 1. The Balaban J connectivity index is 0.000000155. The van der Waals surface area contributed by atoms with Gasteiger partial charge in [0.25, 0.3) is 0 Å². The predicted molar refractivity (Wildman–Crippen MR) is 515 cm³/mol. The standard InChI is InChI=1S/C15H13ClN2O3.C14H18BClO3.C14H11ClN2O3.C13H10Cl2N2O.C12H24B2O4.C9H8BrClO.C6H4BrClO.C4H2Cl2N2.C3H5Br.Na/c1-20-15(19)13-7-12(17-8-18-13)9-2-5-14(11(16)6-9)21-10-3-4-10;1-9-14(2,3)19-15(18-9)10-4-7-13(12(16)8-10)17-11-5-6-11;15-10-5-8(1-4-13(10)20-9-2-3-9)11-6-12(14(18)19)17-7-16-11;14-10-5-8(11-6-13(15)17-7-16-11)1-4-12(10)18-9-2-3-9;1-9(2)10(3,4)16-13(15-9)14-17-11(5,6)12(7,8)18-14;10-6-1-4-9(8(11)5-6)12-7-2-3-7;7-4-1-2-6(9)5(8)3-4;5-3-1-4(6)8-2-7-3;4-3-1-2-3;/h2,5-8,10H,3-4H2,1H3;4,7-9,11H,5-6H2,1-3H3;1,4-7,9H,2-3H2,(H,18,19);1,4-7,9H,2-3H2;1-8H3;1,4-5,7H,2-3H2;1-3,9H;1-2H;3H,1-2H2;/q;;;;;;;;;+1/p-1.